The Morgan fingerprint density at radius 1 is 1.29 bits per heavy atom. The average molecular weight is 407 g/mol. The summed E-state index contributed by atoms with van der Waals surface area (Å²) in [4.78, 5) is 22.2. The van der Waals surface area contributed by atoms with E-state index in [1.165, 1.54) is 12.1 Å². The molecule has 2 N–H and O–H groups in total. The number of nitrogens with zero attached hydrogens (tertiary/aromatic N) is 4. The van der Waals surface area contributed by atoms with Crippen LogP contribution < -0.4 is 15.7 Å². The summed E-state index contributed by atoms with van der Waals surface area (Å²) in [6.07, 6.45) is -6.55. The van der Waals surface area contributed by atoms with E-state index >= 15 is 0 Å². The van der Waals surface area contributed by atoms with Gasteiger partial charge in [0.05, 0.1) is 12.3 Å². The molecule has 1 aromatic heterocycles. The Hall–Kier alpha value is -2.93. The second-order valence-corrected chi connectivity index (χ2v) is 4.96. The molecule has 10 nitrogen and oxygen atoms in total. The summed E-state index contributed by atoms with van der Waals surface area (Å²) in [6.45, 7) is 7.77. The maximum atomic E-state index is 12.1. The van der Waals surface area contributed by atoms with Crippen molar-refractivity contribution in [2.75, 3.05) is 26.3 Å². The maximum absolute atomic E-state index is 12.1. The third-order valence-electron chi connectivity index (χ3n) is 2.94. The second-order valence-electron chi connectivity index (χ2n) is 4.96. The number of aromatic nitrogens is 4. The molecule has 28 heavy (non-hydrogen) atoms. The molecule has 0 aliphatic rings. The zero-order chi connectivity index (χ0) is 21.2. The number of halogens is 3. The van der Waals surface area contributed by atoms with Gasteiger partial charge in [-0.2, -0.15) is 4.68 Å². The average Bonchev–Trinajstić information content (AvgIpc) is 3.00. The SMILES string of the molecule is CCNCCOCC.O=C(O)n1nnn(-c2cccc(OC(F)(F)F)c2)c1=O. The molecule has 0 spiro atoms. The molecule has 0 amide bonds. The molecular formula is C15H20F3N5O5. The molecule has 1 heterocycles. The summed E-state index contributed by atoms with van der Waals surface area (Å²) in [7, 11) is 0. The highest BCUT2D eigenvalue weighted by Gasteiger charge is 2.31. The van der Waals surface area contributed by atoms with Crippen molar-refractivity contribution < 1.29 is 32.5 Å². The zero-order valence-electron chi connectivity index (χ0n) is 15.1. The zero-order valence-corrected chi connectivity index (χ0v) is 15.1. The lowest BCUT2D eigenvalue weighted by molar-refractivity contribution is -0.274. The number of tetrazole rings is 1. The number of hydrogen-bond acceptors (Lipinski definition) is 7. The third kappa shape index (κ3) is 7.75. The Labute approximate surface area is 157 Å². The number of carbonyl (C=O) groups is 1. The van der Waals surface area contributed by atoms with Gasteiger partial charge in [0.25, 0.3) is 0 Å². The van der Waals surface area contributed by atoms with Gasteiger partial charge < -0.3 is 19.9 Å². The Morgan fingerprint density at radius 3 is 2.54 bits per heavy atom. The topological polar surface area (TPSA) is 120 Å². The monoisotopic (exact) mass is 407 g/mol. The summed E-state index contributed by atoms with van der Waals surface area (Å²) in [5.74, 6) is -0.577. The molecule has 0 radical (unpaired) electrons. The number of hydrogen-bond donors (Lipinski definition) is 2. The van der Waals surface area contributed by atoms with Gasteiger partial charge >= 0.3 is 18.1 Å². The van der Waals surface area contributed by atoms with E-state index in [1.54, 1.807) is 0 Å². The van der Waals surface area contributed by atoms with Crippen molar-refractivity contribution in [2.24, 2.45) is 0 Å². The summed E-state index contributed by atoms with van der Waals surface area (Å²) in [5, 5.41) is 18.1. The molecule has 2 rings (SSSR count). The van der Waals surface area contributed by atoms with Gasteiger partial charge in [-0.05, 0) is 36.0 Å². The van der Waals surface area contributed by atoms with Gasteiger partial charge in [0.2, 0.25) is 0 Å². The van der Waals surface area contributed by atoms with Crippen LogP contribution in [0.15, 0.2) is 29.1 Å². The molecule has 0 saturated heterocycles. The fourth-order valence-electron chi connectivity index (χ4n) is 1.81. The van der Waals surface area contributed by atoms with E-state index in [1.807, 2.05) is 6.92 Å². The molecule has 13 heteroatoms. The molecule has 0 fully saturated rings. The first-order valence-corrected chi connectivity index (χ1v) is 8.12. The minimum absolute atomic E-state index is 0.0390. The van der Waals surface area contributed by atoms with Crippen molar-refractivity contribution >= 4 is 6.09 Å². The van der Waals surface area contributed by atoms with Crippen molar-refractivity contribution in [3.05, 3.63) is 34.7 Å². The number of rotatable bonds is 7. The van der Waals surface area contributed by atoms with Crippen molar-refractivity contribution in [3.8, 4) is 11.4 Å². The van der Waals surface area contributed by atoms with Crippen LogP contribution in [0.25, 0.3) is 5.69 Å². The largest absolute Gasteiger partial charge is 0.573 e. The van der Waals surface area contributed by atoms with Crippen LogP contribution in [-0.4, -0.2) is 63.7 Å². The van der Waals surface area contributed by atoms with Crippen LogP contribution in [0, 0.1) is 0 Å². The number of nitrogens with one attached hydrogen (secondary N) is 1. The van der Waals surface area contributed by atoms with Crippen molar-refractivity contribution in [1.82, 2.24) is 25.1 Å². The Bertz CT molecular complexity index is 800. The molecule has 0 aliphatic heterocycles. The first-order chi connectivity index (χ1) is 13.2. The van der Waals surface area contributed by atoms with E-state index in [9.17, 15) is 22.8 Å². The van der Waals surface area contributed by atoms with E-state index < -0.39 is 23.9 Å². The first kappa shape index (κ1) is 23.1. The molecule has 156 valence electrons. The van der Waals surface area contributed by atoms with Crippen LogP contribution >= 0.6 is 0 Å². The molecule has 0 saturated carbocycles. The van der Waals surface area contributed by atoms with Gasteiger partial charge in [0, 0.05) is 19.2 Å². The van der Waals surface area contributed by atoms with Gasteiger partial charge in [0.1, 0.15) is 5.75 Å². The normalized spacial score (nSPS) is 10.9. The number of benzene rings is 1. The standard InChI is InChI=1S/C9H5F3N4O4.C6H15NO/c10-9(11,12)20-6-3-1-2-5(4-6)15-7(17)16(8(18)19)14-13-15;1-3-7-5-6-8-4-2/h1-4H,(H,18,19);7H,3-6H2,1-2H3. The quantitative estimate of drug-likeness (QED) is 0.523. The highest BCUT2D eigenvalue weighted by molar-refractivity contribution is 5.66. The summed E-state index contributed by atoms with van der Waals surface area (Å²) in [5.41, 5.74) is -1.26. The predicted octanol–water partition coefficient (Wildman–Crippen LogP) is 1.49. The van der Waals surface area contributed by atoms with Gasteiger partial charge in [-0.3, -0.25) is 0 Å². The minimum atomic E-state index is -4.89. The first-order valence-electron chi connectivity index (χ1n) is 8.12. The van der Waals surface area contributed by atoms with E-state index in [0.29, 0.717) is 4.68 Å². The highest BCUT2D eigenvalue weighted by Crippen LogP contribution is 2.23. The Kier molecular flexibility index (Phi) is 9.11. The van der Waals surface area contributed by atoms with Crippen LogP contribution in [0.5, 0.6) is 5.75 Å². The van der Waals surface area contributed by atoms with Crippen LogP contribution in [0.4, 0.5) is 18.0 Å². The van der Waals surface area contributed by atoms with Crippen molar-refractivity contribution in [1.29, 1.82) is 0 Å². The van der Waals surface area contributed by atoms with Gasteiger partial charge in [-0.15, -0.1) is 13.2 Å². The number of likely N-dealkylation sites (N-methyl/N-ethyl adjacent to an activating group) is 1. The van der Waals surface area contributed by atoms with Gasteiger partial charge in [0.15, 0.2) is 0 Å². The fraction of sp³-hybridized carbons (Fsp3) is 0.467. The molecule has 0 bridgehead atoms. The molecular weight excluding hydrogens is 387 g/mol. The Balaban J connectivity index is 0.000000416. The number of ether oxygens (including phenoxy) is 2. The molecule has 0 atom stereocenters. The fourth-order valence-corrected chi connectivity index (χ4v) is 1.81. The van der Waals surface area contributed by atoms with Gasteiger partial charge in [-0.1, -0.05) is 17.7 Å². The lowest BCUT2D eigenvalue weighted by Gasteiger charge is -2.09. The predicted molar refractivity (Wildman–Crippen MR) is 90.8 cm³/mol. The van der Waals surface area contributed by atoms with E-state index in [0.717, 1.165) is 38.4 Å². The summed E-state index contributed by atoms with van der Waals surface area (Å²) < 4.78 is 45.5. The lowest BCUT2D eigenvalue weighted by atomic mass is 10.3. The molecule has 1 aromatic carbocycles. The second kappa shape index (κ2) is 11.0. The van der Waals surface area contributed by atoms with Crippen LogP contribution in [-0.2, 0) is 4.74 Å². The van der Waals surface area contributed by atoms with E-state index in [-0.39, 0.29) is 10.4 Å². The number of carboxylic acid groups (broad SMARTS) is 1. The minimum Gasteiger partial charge on any atom is -0.463 e. The number of alkyl halides is 3. The van der Waals surface area contributed by atoms with Crippen LogP contribution in [0.2, 0.25) is 0 Å². The molecule has 0 unspecified atom stereocenters. The van der Waals surface area contributed by atoms with E-state index in [2.05, 4.69) is 27.4 Å². The smallest absolute Gasteiger partial charge is 0.463 e. The summed E-state index contributed by atoms with van der Waals surface area (Å²) >= 11 is 0. The molecule has 0 aliphatic carbocycles. The van der Waals surface area contributed by atoms with E-state index in [4.69, 9.17) is 9.84 Å². The van der Waals surface area contributed by atoms with Crippen LogP contribution in [0.3, 0.4) is 0 Å². The highest BCUT2D eigenvalue weighted by atomic mass is 19.4. The lowest BCUT2D eigenvalue weighted by Crippen LogP contribution is -2.28. The third-order valence-corrected chi connectivity index (χ3v) is 2.94. The molecule has 2 aromatic rings. The maximum Gasteiger partial charge on any atom is 0.573 e. The summed E-state index contributed by atoms with van der Waals surface area (Å²) in [6, 6.07) is 4.31. The van der Waals surface area contributed by atoms with Crippen molar-refractivity contribution in [3.63, 3.8) is 0 Å². The van der Waals surface area contributed by atoms with Crippen LogP contribution in [0.1, 0.15) is 13.8 Å². The van der Waals surface area contributed by atoms with Crippen molar-refractivity contribution in [2.45, 2.75) is 20.2 Å². The van der Waals surface area contributed by atoms with Gasteiger partial charge in [-0.25, -0.2) is 9.59 Å². The Morgan fingerprint density at radius 2 is 2.00 bits per heavy atom.